The Bertz CT molecular complexity index is 367. The molecule has 1 unspecified atom stereocenters. The summed E-state index contributed by atoms with van der Waals surface area (Å²) in [6, 6.07) is 1.90. The molecule has 15 heavy (non-hydrogen) atoms. The van der Waals surface area contributed by atoms with Crippen LogP contribution in [0.1, 0.15) is 6.42 Å². The Labute approximate surface area is 87.5 Å². The first-order chi connectivity index (χ1) is 7.28. The Morgan fingerprint density at radius 3 is 3.13 bits per heavy atom. The average Bonchev–Trinajstić information content (AvgIpc) is 2.64. The van der Waals surface area contributed by atoms with Crippen molar-refractivity contribution < 1.29 is 4.79 Å². The van der Waals surface area contributed by atoms with Gasteiger partial charge in [-0.3, -0.25) is 4.79 Å². The molecule has 6 nitrogen and oxygen atoms in total. The summed E-state index contributed by atoms with van der Waals surface area (Å²) < 4.78 is 0. The second-order valence-electron chi connectivity index (χ2n) is 3.36. The van der Waals surface area contributed by atoms with Gasteiger partial charge in [-0.25, -0.2) is 4.98 Å². The maximum Gasteiger partial charge on any atom is 0.224 e. The summed E-state index contributed by atoms with van der Waals surface area (Å²) in [7, 11) is 1.76. The zero-order chi connectivity index (χ0) is 10.7. The number of nitrogens with zero attached hydrogens (tertiary/aromatic N) is 2. The lowest BCUT2D eigenvalue weighted by Crippen LogP contribution is -2.23. The Balaban J connectivity index is 2.01. The van der Waals surface area contributed by atoms with Crippen LogP contribution in [0, 0.1) is 0 Å². The third kappa shape index (κ3) is 2.34. The van der Waals surface area contributed by atoms with Crippen LogP contribution in [0.2, 0.25) is 0 Å². The van der Waals surface area contributed by atoms with E-state index in [1.54, 1.807) is 19.3 Å². The molecule has 0 radical (unpaired) electrons. The highest BCUT2D eigenvalue weighted by Crippen LogP contribution is 2.10. The first kappa shape index (κ1) is 9.70. The largest absolute Gasteiger partial charge is 0.365 e. The van der Waals surface area contributed by atoms with Gasteiger partial charge in [-0.1, -0.05) is 0 Å². The van der Waals surface area contributed by atoms with Crippen molar-refractivity contribution in [2.75, 3.05) is 24.2 Å². The van der Waals surface area contributed by atoms with Crippen molar-refractivity contribution in [2.24, 2.45) is 0 Å². The number of anilines is 2. The molecule has 1 fully saturated rings. The van der Waals surface area contributed by atoms with Gasteiger partial charge in [-0.2, -0.15) is 4.98 Å². The van der Waals surface area contributed by atoms with E-state index in [2.05, 4.69) is 25.9 Å². The molecule has 0 aliphatic carbocycles. The molecule has 0 saturated carbocycles. The lowest BCUT2D eigenvalue weighted by Gasteiger charge is -2.11. The van der Waals surface area contributed by atoms with Crippen molar-refractivity contribution in [3.8, 4) is 0 Å². The van der Waals surface area contributed by atoms with Gasteiger partial charge in [-0.15, -0.1) is 0 Å². The minimum absolute atomic E-state index is 0.0791. The van der Waals surface area contributed by atoms with Gasteiger partial charge in [-0.05, 0) is 6.07 Å². The molecule has 2 heterocycles. The van der Waals surface area contributed by atoms with Crippen molar-refractivity contribution in [1.82, 2.24) is 15.3 Å². The van der Waals surface area contributed by atoms with E-state index in [9.17, 15) is 4.79 Å². The van der Waals surface area contributed by atoms with Crippen LogP contribution >= 0.6 is 0 Å². The normalized spacial score (nSPS) is 19.8. The molecule has 1 atom stereocenters. The van der Waals surface area contributed by atoms with Crippen LogP contribution in [0.5, 0.6) is 0 Å². The minimum atomic E-state index is 0.0791. The molecule has 6 heteroatoms. The highest BCUT2D eigenvalue weighted by atomic mass is 16.1. The van der Waals surface area contributed by atoms with Crippen LogP contribution in [0.3, 0.4) is 0 Å². The van der Waals surface area contributed by atoms with Gasteiger partial charge in [0, 0.05) is 26.2 Å². The van der Waals surface area contributed by atoms with Gasteiger partial charge < -0.3 is 16.0 Å². The van der Waals surface area contributed by atoms with E-state index in [1.807, 2.05) is 0 Å². The molecule has 3 N–H and O–H groups in total. The van der Waals surface area contributed by atoms with E-state index in [1.165, 1.54) is 0 Å². The maximum atomic E-state index is 11.0. The predicted molar refractivity (Wildman–Crippen MR) is 56.6 cm³/mol. The summed E-state index contributed by atoms with van der Waals surface area (Å²) in [6.45, 7) is 0.651. The summed E-state index contributed by atoms with van der Waals surface area (Å²) in [5.41, 5.74) is 0. The lowest BCUT2D eigenvalue weighted by molar-refractivity contribution is -0.119. The quantitative estimate of drug-likeness (QED) is 0.640. The summed E-state index contributed by atoms with van der Waals surface area (Å²) >= 11 is 0. The van der Waals surface area contributed by atoms with Crippen LogP contribution < -0.4 is 16.0 Å². The zero-order valence-corrected chi connectivity index (χ0v) is 8.45. The first-order valence-electron chi connectivity index (χ1n) is 4.82. The first-order valence-corrected chi connectivity index (χ1v) is 4.82. The fourth-order valence-corrected chi connectivity index (χ4v) is 1.48. The van der Waals surface area contributed by atoms with Crippen LogP contribution in [-0.2, 0) is 4.79 Å². The van der Waals surface area contributed by atoms with E-state index < -0.39 is 0 Å². The Morgan fingerprint density at radius 1 is 1.60 bits per heavy atom. The van der Waals surface area contributed by atoms with E-state index in [0.29, 0.717) is 18.9 Å². The molecular weight excluding hydrogens is 194 g/mol. The standard InChI is InChI=1S/C9H13N5O/c1-10-9-11-3-2-7(14-9)13-6-4-8(15)12-5-6/h2-3,6H,4-5H2,1H3,(H,12,15)(H2,10,11,13,14). The van der Waals surface area contributed by atoms with Gasteiger partial charge in [0.1, 0.15) is 5.82 Å². The number of hydrogen-bond acceptors (Lipinski definition) is 5. The van der Waals surface area contributed by atoms with Crippen LogP contribution in [-0.4, -0.2) is 35.5 Å². The number of aromatic nitrogens is 2. The van der Waals surface area contributed by atoms with Gasteiger partial charge in [0.2, 0.25) is 11.9 Å². The van der Waals surface area contributed by atoms with Crippen LogP contribution in [0.15, 0.2) is 12.3 Å². The summed E-state index contributed by atoms with van der Waals surface area (Å²) in [6.07, 6.45) is 2.17. The Hall–Kier alpha value is -1.85. The van der Waals surface area contributed by atoms with Crippen LogP contribution in [0.25, 0.3) is 0 Å². The number of carbonyl (C=O) groups is 1. The molecule has 80 valence electrons. The minimum Gasteiger partial charge on any atom is -0.365 e. The fourth-order valence-electron chi connectivity index (χ4n) is 1.48. The van der Waals surface area contributed by atoms with E-state index >= 15 is 0 Å². The molecule has 1 aromatic heterocycles. The molecule has 0 aromatic carbocycles. The van der Waals surface area contributed by atoms with Crippen LogP contribution in [0.4, 0.5) is 11.8 Å². The predicted octanol–water partition coefficient (Wildman–Crippen LogP) is -0.181. The molecule has 1 aromatic rings. The van der Waals surface area contributed by atoms with Gasteiger partial charge in [0.25, 0.3) is 0 Å². The zero-order valence-electron chi connectivity index (χ0n) is 8.45. The lowest BCUT2D eigenvalue weighted by atomic mass is 10.2. The van der Waals surface area contributed by atoms with E-state index in [4.69, 9.17) is 0 Å². The molecule has 0 bridgehead atoms. The number of nitrogens with one attached hydrogen (secondary N) is 3. The topological polar surface area (TPSA) is 78.9 Å². The summed E-state index contributed by atoms with van der Waals surface area (Å²) in [4.78, 5) is 19.2. The van der Waals surface area contributed by atoms with E-state index in [-0.39, 0.29) is 11.9 Å². The second kappa shape index (κ2) is 4.12. The highest BCUT2D eigenvalue weighted by molar-refractivity contribution is 5.79. The summed E-state index contributed by atoms with van der Waals surface area (Å²) in [5, 5.41) is 8.79. The van der Waals surface area contributed by atoms with Crippen molar-refractivity contribution in [2.45, 2.75) is 12.5 Å². The molecule has 1 aliphatic heterocycles. The number of hydrogen-bond donors (Lipinski definition) is 3. The third-order valence-electron chi connectivity index (χ3n) is 2.21. The average molecular weight is 207 g/mol. The van der Waals surface area contributed by atoms with Gasteiger partial charge >= 0.3 is 0 Å². The Kier molecular flexibility index (Phi) is 2.66. The fraction of sp³-hybridized carbons (Fsp3) is 0.444. The molecule has 0 spiro atoms. The SMILES string of the molecule is CNc1nccc(NC2CNC(=O)C2)n1. The second-order valence-corrected chi connectivity index (χ2v) is 3.36. The number of carbonyl (C=O) groups excluding carboxylic acids is 1. The smallest absolute Gasteiger partial charge is 0.224 e. The van der Waals surface area contributed by atoms with Gasteiger partial charge in [0.15, 0.2) is 0 Å². The van der Waals surface area contributed by atoms with E-state index in [0.717, 1.165) is 5.82 Å². The van der Waals surface area contributed by atoms with Crippen molar-refractivity contribution >= 4 is 17.7 Å². The molecule has 1 amide bonds. The monoisotopic (exact) mass is 207 g/mol. The molecular formula is C9H13N5O. The molecule has 2 rings (SSSR count). The highest BCUT2D eigenvalue weighted by Gasteiger charge is 2.21. The maximum absolute atomic E-state index is 11.0. The molecule has 1 aliphatic rings. The van der Waals surface area contributed by atoms with Crippen molar-refractivity contribution in [3.63, 3.8) is 0 Å². The number of amides is 1. The Morgan fingerprint density at radius 2 is 2.47 bits per heavy atom. The third-order valence-corrected chi connectivity index (χ3v) is 2.21. The van der Waals surface area contributed by atoms with Gasteiger partial charge in [0.05, 0.1) is 6.04 Å². The molecule has 1 saturated heterocycles. The van der Waals surface area contributed by atoms with Crippen molar-refractivity contribution in [3.05, 3.63) is 12.3 Å². The summed E-state index contributed by atoms with van der Waals surface area (Å²) in [5.74, 6) is 1.38. The number of rotatable bonds is 3. The van der Waals surface area contributed by atoms with Crippen molar-refractivity contribution in [1.29, 1.82) is 0 Å².